The quantitative estimate of drug-likeness (QED) is 0.846. The van der Waals surface area contributed by atoms with Gasteiger partial charge in [0.1, 0.15) is 0 Å². The highest BCUT2D eigenvalue weighted by Gasteiger charge is 2.20. The lowest BCUT2D eigenvalue weighted by molar-refractivity contribution is 0.0911. The van der Waals surface area contributed by atoms with E-state index in [-0.39, 0.29) is 6.54 Å². The largest absolute Gasteiger partial charge is 0.387 e. The second-order valence-electron chi connectivity index (χ2n) is 4.47. The third kappa shape index (κ3) is 3.40. The molecular weight excluding hydrogens is 319 g/mol. The maximum absolute atomic E-state index is 13.5. The van der Waals surface area contributed by atoms with Crippen molar-refractivity contribution in [2.75, 3.05) is 6.54 Å². The number of carbonyl (C=O) groups is 1. The Morgan fingerprint density at radius 3 is 2.50 bits per heavy atom. The van der Waals surface area contributed by atoms with Gasteiger partial charge in [0, 0.05) is 17.1 Å². The van der Waals surface area contributed by atoms with Crippen molar-refractivity contribution in [2.45, 2.75) is 6.10 Å². The highest BCUT2D eigenvalue weighted by atomic mass is 35.5. The first-order chi connectivity index (χ1) is 10.4. The summed E-state index contributed by atoms with van der Waals surface area (Å²) in [4.78, 5) is 11.8. The van der Waals surface area contributed by atoms with Crippen molar-refractivity contribution >= 4 is 17.5 Å². The first-order valence-corrected chi connectivity index (χ1v) is 6.63. The van der Waals surface area contributed by atoms with Gasteiger partial charge in [0.05, 0.1) is 11.7 Å². The molecular formula is C15H11ClF3NO2. The van der Waals surface area contributed by atoms with Crippen LogP contribution in [0.5, 0.6) is 0 Å². The average Bonchev–Trinajstić information content (AvgIpc) is 2.50. The fraction of sp³-hybridized carbons (Fsp3) is 0.133. The summed E-state index contributed by atoms with van der Waals surface area (Å²) in [5.41, 5.74) is -0.263. The number of hydrogen-bond donors (Lipinski definition) is 2. The molecule has 0 bridgehead atoms. The number of rotatable bonds is 4. The summed E-state index contributed by atoms with van der Waals surface area (Å²) in [5, 5.41) is 12.5. The highest BCUT2D eigenvalue weighted by molar-refractivity contribution is 6.31. The number of halogens is 4. The van der Waals surface area contributed by atoms with E-state index in [0.717, 1.165) is 6.07 Å². The van der Waals surface area contributed by atoms with Gasteiger partial charge in [-0.25, -0.2) is 13.2 Å². The molecule has 2 aromatic rings. The van der Waals surface area contributed by atoms with Gasteiger partial charge < -0.3 is 10.4 Å². The molecule has 0 saturated heterocycles. The Balaban J connectivity index is 2.08. The van der Waals surface area contributed by atoms with Gasteiger partial charge in [-0.2, -0.15) is 0 Å². The van der Waals surface area contributed by atoms with Crippen molar-refractivity contribution < 1.29 is 23.1 Å². The Labute approximate surface area is 129 Å². The second kappa shape index (κ2) is 6.81. The fourth-order valence-corrected chi connectivity index (χ4v) is 2.10. The first kappa shape index (κ1) is 16.3. The van der Waals surface area contributed by atoms with E-state index in [9.17, 15) is 23.1 Å². The monoisotopic (exact) mass is 329 g/mol. The van der Waals surface area contributed by atoms with E-state index in [4.69, 9.17) is 11.6 Å². The van der Waals surface area contributed by atoms with Crippen LogP contribution in [0.15, 0.2) is 36.4 Å². The van der Waals surface area contributed by atoms with Crippen molar-refractivity contribution in [1.82, 2.24) is 5.32 Å². The molecule has 0 saturated carbocycles. The van der Waals surface area contributed by atoms with Crippen LogP contribution in [-0.2, 0) is 0 Å². The molecule has 0 spiro atoms. The lowest BCUT2D eigenvalue weighted by Crippen LogP contribution is -2.29. The van der Waals surface area contributed by atoms with E-state index in [1.54, 1.807) is 24.3 Å². The molecule has 22 heavy (non-hydrogen) atoms. The van der Waals surface area contributed by atoms with Crippen LogP contribution in [0.1, 0.15) is 22.0 Å². The molecule has 2 N–H and O–H groups in total. The van der Waals surface area contributed by atoms with Gasteiger partial charge in [0.2, 0.25) is 0 Å². The predicted molar refractivity (Wildman–Crippen MR) is 75.1 cm³/mol. The van der Waals surface area contributed by atoms with Crippen molar-refractivity contribution in [1.29, 1.82) is 0 Å². The zero-order valence-electron chi connectivity index (χ0n) is 11.1. The van der Waals surface area contributed by atoms with Crippen LogP contribution in [0.4, 0.5) is 13.2 Å². The fourth-order valence-electron chi connectivity index (χ4n) is 1.84. The minimum atomic E-state index is -1.72. The minimum absolute atomic E-state index is 0.263. The second-order valence-corrected chi connectivity index (χ2v) is 4.88. The molecule has 0 aromatic heterocycles. The molecule has 116 valence electrons. The van der Waals surface area contributed by atoms with Crippen LogP contribution in [0.3, 0.4) is 0 Å². The van der Waals surface area contributed by atoms with Crippen molar-refractivity contribution in [3.8, 4) is 0 Å². The summed E-state index contributed by atoms with van der Waals surface area (Å²) in [5.74, 6) is -5.66. The summed E-state index contributed by atoms with van der Waals surface area (Å²) in [7, 11) is 0. The van der Waals surface area contributed by atoms with Gasteiger partial charge >= 0.3 is 0 Å². The number of hydrogen-bond acceptors (Lipinski definition) is 2. The third-order valence-corrected chi connectivity index (χ3v) is 3.34. The normalized spacial score (nSPS) is 12.0. The summed E-state index contributed by atoms with van der Waals surface area (Å²) >= 11 is 5.89. The average molecular weight is 330 g/mol. The molecule has 1 unspecified atom stereocenters. The SMILES string of the molecule is O=C(NCC(O)c1ccccc1Cl)c1ccc(F)c(F)c1F. The molecule has 0 heterocycles. The van der Waals surface area contributed by atoms with Gasteiger partial charge in [-0.3, -0.25) is 4.79 Å². The van der Waals surface area contributed by atoms with E-state index in [1.807, 2.05) is 0 Å². The van der Waals surface area contributed by atoms with E-state index in [2.05, 4.69) is 5.32 Å². The topological polar surface area (TPSA) is 49.3 Å². The first-order valence-electron chi connectivity index (χ1n) is 6.26. The van der Waals surface area contributed by atoms with Gasteiger partial charge in [0.15, 0.2) is 17.5 Å². The van der Waals surface area contributed by atoms with Gasteiger partial charge in [0.25, 0.3) is 5.91 Å². The number of aliphatic hydroxyl groups excluding tert-OH is 1. The summed E-state index contributed by atoms with van der Waals surface area (Å²) in [6.45, 7) is -0.263. The number of nitrogens with one attached hydrogen (secondary N) is 1. The molecule has 0 radical (unpaired) electrons. The summed E-state index contributed by atoms with van der Waals surface area (Å²) in [6.07, 6.45) is -1.12. The van der Waals surface area contributed by atoms with E-state index >= 15 is 0 Å². The van der Waals surface area contributed by atoms with Crippen molar-refractivity contribution in [3.63, 3.8) is 0 Å². The van der Waals surface area contributed by atoms with Gasteiger partial charge in [-0.1, -0.05) is 29.8 Å². The van der Waals surface area contributed by atoms with Crippen LogP contribution < -0.4 is 5.32 Å². The van der Waals surface area contributed by atoms with E-state index in [0.29, 0.717) is 16.7 Å². The standard InChI is InChI=1S/C15H11ClF3NO2/c16-10-4-2-1-3-8(10)12(21)7-20-15(22)9-5-6-11(17)14(19)13(9)18/h1-6,12,21H,7H2,(H,20,22). The minimum Gasteiger partial charge on any atom is -0.387 e. The van der Waals surface area contributed by atoms with Crippen LogP contribution >= 0.6 is 11.6 Å². The lowest BCUT2D eigenvalue weighted by atomic mass is 10.1. The Morgan fingerprint density at radius 1 is 1.14 bits per heavy atom. The van der Waals surface area contributed by atoms with Crippen molar-refractivity contribution in [2.24, 2.45) is 0 Å². The molecule has 2 rings (SSSR count). The maximum atomic E-state index is 13.5. The molecule has 7 heteroatoms. The Kier molecular flexibility index (Phi) is 5.05. The molecule has 1 atom stereocenters. The number of benzene rings is 2. The van der Waals surface area contributed by atoms with E-state index < -0.39 is 35.0 Å². The summed E-state index contributed by atoms with van der Waals surface area (Å²) < 4.78 is 39.3. The zero-order valence-corrected chi connectivity index (χ0v) is 11.9. The molecule has 0 fully saturated rings. The molecule has 0 aliphatic rings. The van der Waals surface area contributed by atoms with Gasteiger partial charge in [-0.15, -0.1) is 0 Å². The molecule has 3 nitrogen and oxygen atoms in total. The molecule has 0 aliphatic heterocycles. The Morgan fingerprint density at radius 2 is 1.82 bits per heavy atom. The molecule has 1 amide bonds. The Hall–Kier alpha value is -2.05. The summed E-state index contributed by atoms with van der Waals surface area (Å²) in [6, 6.07) is 7.94. The third-order valence-electron chi connectivity index (χ3n) is 3.00. The maximum Gasteiger partial charge on any atom is 0.254 e. The molecule has 0 aliphatic carbocycles. The van der Waals surface area contributed by atoms with Crippen LogP contribution in [0.25, 0.3) is 0 Å². The van der Waals surface area contributed by atoms with Crippen LogP contribution in [0, 0.1) is 17.5 Å². The van der Waals surface area contributed by atoms with E-state index in [1.165, 1.54) is 0 Å². The number of carbonyl (C=O) groups excluding carboxylic acids is 1. The molecule has 2 aromatic carbocycles. The zero-order chi connectivity index (χ0) is 16.3. The number of aliphatic hydroxyl groups is 1. The van der Waals surface area contributed by atoms with Crippen molar-refractivity contribution in [3.05, 3.63) is 70.0 Å². The van der Waals surface area contributed by atoms with Crippen LogP contribution in [-0.4, -0.2) is 17.6 Å². The highest BCUT2D eigenvalue weighted by Crippen LogP contribution is 2.22. The van der Waals surface area contributed by atoms with Crippen LogP contribution in [0.2, 0.25) is 5.02 Å². The number of amides is 1. The predicted octanol–water partition coefficient (Wildman–Crippen LogP) is 3.22. The van der Waals surface area contributed by atoms with Gasteiger partial charge in [-0.05, 0) is 18.2 Å². The Bertz CT molecular complexity index is 709. The smallest absolute Gasteiger partial charge is 0.254 e. The lowest BCUT2D eigenvalue weighted by Gasteiger charge is -2.14.